The number of hydrogen-bond donors (Lipinski definition) is 2. The number of rotatable bonds is 9. The summed E-state index contributed by atoms with van der Waals surface area (Å²) in [7, 11) is 0. The van der Waals surface area contributed by atoms with E-state index in [4.69, 9.17) is 21.1 Å². The molecule has 0 aliphatic rings. The largest absolute Gasteiger partial charge is 0.484 e. The zero-order valence-electron chi connectivity index (χ0n) is 17.4. The van der Waals surface area contributed by atoms with Gasteiger partial charge in [-0.25, -0.2) is 5.43 Å². The van der Waals surface area contributed by atoms with Gasteiger partial charge in [-0.2, -0.15) is 5.10 Å². The number of aryl methyl sites for hydroxylation is 1. The fourth-order valence-electron chi connectivity index (χ4n) is 2.64. The van der Waals surface area contributed by atoms with Crippen molar-refractivity contribution in [1.82, 2.24) is 5.43 Å². The Morgan fingerprint density at radius 1 is 0.938 bits per heavy atom. The minimum atomic E-state index is -0.366. The van der Waals surface area contributed by atoms with Gasteiger partial charge in [-0.3, -0.25) is 9.59 Å². The first-order chi connectivity index (χ1) is 15.5. The van der Waals surface area contributed by atoms with Crippen molar-refractivity contribution in [2.75, 3.05) is 18.5 Å². The molecule has 0 saturated heterocycles. The number of hydrazone groups is 1. The summed E-state index contributed by atoms with van der Waals surface area (Å²) in [6.45, 7) is 1.63. The summed E-state index contributed by atoms with van der Waals surface area (Å²) in [5.41, 5.74) is 4.72. The van der Waals surface area contributed by atoms with Crippen molar-refractivity contribution in [2.24, 2.45) is 5.10 Å². The van der Waals surface area contributed by atoms with E-state index in [9.17, 15) is 9.59 Å². The molecule has 164 valence electrons. The average molecular weight is 452 g/mol. The number of hydrogen-bond acceptors (Lipinski definition) is 5. The minimum Gasteiger partial charge on any atom is -0.484 e. The number of amides is 2. The maximum Gasteiger partial charge on any atom is 0.277 e. The number of ether oxygens (including phenoxy) is 2. The summed E-state index contributed by atoms with van der Waals surface area (Å²) < 4.78 is 10.9. The first-order valence-electron chi connectivity index (χ1n) is 9.78. The topological polar surface area (TPSA) is 89.0 Å². The number of para-hydroxylation sites is 1. The molecule has 0 unspecified atom stereocenters. The molecule has 0 aliphatic carbocycles. The third-order valence-corrected chi connectivity index (χ3v) is 4.45. The summed E-state index contributed by atoms with van der Waals surface area (Å²) in [6, 6.07) is 21.2. The van der Waals surface area contributed by atoms with Gasteiger partial charge in [0.15, 0.2) is 13.2 Å². The summed E-state index contributed by atoms with van der Waals surface area (Å²) in [5, 5.41) is 7.16. The van der Waals surface area contributed by atoms with E-state index in [2.05, 4.69) is 15.8 Å². The van der Waals surface area contributed by atoms with Gasteiger partial charge < -0.3 is 14.8 Å². The first kappa shape index (κ1) is 22.8. The van der Waals surface area contributed by atoms with E-state index < -0.39 is 0 Å². The van der Waals surface area contributed by atoms with Crippen molar-refractivity contribution >= 4 is 35.3 Å². The third-order valence-electron chi connectivity index (χ3n) is 4.21. The van der Waals surface area contributed by atoms with E-state index in [1.54, 1.807) is 54.6 Å². The van der Waals surface area contributed by atoms with Gasteiger partial charge >= 0.3 is 0 Å². The van der Waals surface area contributed by atoms with E-state index in [-0.39, 0.29) is 25.0 Å². The van der Waals surface area contributed by atoms with Crippen molar-refractivity contribution in [1.29, 1.82) is 0 Å². The van der Waals surface area contributed by atoms with Crippen LogP contribution in [0.3, 0.4) is 0 Å². The summed E-state index contributed by atoms with van der Waals surface area (Å²) in [4.78, 5) is 23.8. The normalized spacial score (nSPS) is 10.6. The van der Waals surface area contributed by atoms with Crippen LogP contribution in [0.15, 0.2) is 77.9 Å². The highest BCUT2D eigenvalue weighted by Crippen LogP contribution is 2.16. The molecule has 7 nitrogen and oxygen atoms in total. The molecular weight excluding hydrogens is 430 g/mol. The highest BCUT2D eigenvalue weighted by Gasteiger charge is 2.05. The van der Waals surface area contributed by atoms with Crippen LogP contribution in [0.25, 0.3) is 0 Å². The number of nitrogens with zero attached hydrogens (tertiary/aromatic N) is 1. The predicted octanol–water partition coefficient (Wildman–Crippen LogP) is 4.20. The Kier molecular flexibility index (Phi) is 8.22. The molecule has 2 N–H and O–H groups in total. The van der Waals surface area contributed by atoms with Gasteiger partial charge in [-0.1, -0.05) is 35.9 Å². The van der Waals surface area contributed by atoms with E-state index in [1.165, 1.54) is 6.21 Å². The molecule has 3 aromatic rings. The summed E-state index contributed by atoms with van der Waals surface area (Å²) in [6.07, 6.45) is 1.50. The predicted molar refractivity (Wildman–Crippen MR) is 124 cm³/mol. The van der Waals surface area contributed by atoms with Crippen LogP contribution >= 0.6 is 11.6 Å². The molecule has 0 spiro atoms. The van der Waals surface area contributed by atoms with Gasteiger partial charge in [0.05, 0.1) is 6.21 Å². The molecule has 0 atom stereocenters. The average Bonchev–Trinajstić information content (AvgIpc) is 2.78. The number of nitrogens with one attached hydrogen (secondary N) is 2. The van der Waals surface area contributed by atoms with Crippen molar-refractivity contribution in [3.8, 4) is 11.5 Å². The van der Waals surface area contributed by atoms with E-state index >= 15 is 0 Å². The quantitative estimate of drug-likeness (QED) is 0.377. The van der Waals surface area contributed by atoms with Crippen LogP contribution in [0.2, 0.25) is 5.02 Å². The van der Waals surface area contributed by atoms with E-state index in [1.807, 2.05) is 25.1 Å². The van der Waals surface area contributed by atoms with Gasteiger partial charge in [-0.15, -0.1) is 0 Å². The zero-order chi connectivity index (χ0) is 22.8. The SMILES string of the molecule is Cc1ccccc1OCC(=O)NN=Cc1ccc(OCC(=O)Nc2cccc(Cl)c2)cc1. The number of carbonyl (C=O) groups excluding carboxylic acids is 2. The number of carbonyl (C=O) groups is 2. The maximum absolute atomic E-state index is 12.0. The van der Waals surface area contributed by atoms with Gasteiger partial charge in [0.1, 0.15) is 11.5 Å². The van der Waals surface area contributed by atoms with E-state index in [0.717, 1.165) is 11.1 Å². The van der Waals surface area contributed by atoms with Gasteiger partial charge in [-0.05, 0) is 66.6 Å². The Bertz CT molecular complexity index is 1100. The van der Waals surface area contributed by atoms with Crippen molar-refractivity contribution in [2.45, 2.75) is 6.92 Å². The molecule has 0 bridgehead atoms. The molecule has 8 heteroatoms. The first-order valence-corrected chi connectivity index (χ1v) is 10.2. The lowest BCUT2D eigenvalue weighted by Crippen LogP contribution is -2.24. The lowest BCUT2D eigenvalue weighted by Gasteiger charge is -2.08. The molecule has 0 fully saturated rings. The summed E-state index contributed by atoms with van der Waals surface area (Å²) >= 11 is 5.89. The summed E-state index contributed by atoms with van der Waals surface area (Å²) in [5.74, 6) is 0.520. The van der Waals surface area contributed by atoms with Crippen LogP contribution in [0.5, 0.6) is 11.5 Å². The van der Waals surface area contributed by atoms with Crippen LogP contribution in [-0.4, -0.2) is 31.2 Å². The van der Waals surface area contributed by atoms with Crippen LogP contribution in [0.4, 0.5) is 5.69 Å². The standard InChI is InChI=1S/C24H22ClN3O4/c1-17-5-2-3-8-22(17)32-16-24(30)28-26-14-18-9-11-21(12-10-18)31-15-23(29)27-20-7-4-6-19(25)13-20/h2-14H,15-16H2,1H3,(H,27,29)(H,28,30). The van der Waals surface area contributed by atoms with Crippen LogP contribution in [-0.2, 0) is 9.59 Å². The van der Waals surface area contributed by atoms with Crippen molar-refractivity contribution < 1.29 is 19.1 Å². The molecule has 0 heterocycles. The highest BCUT2D eigenvalue weighted by molar-refractivity contribution is 6.30. The second-order valence-electron chi connectivity index (χ2n) is 6.76. The molecule has 0 radical (unpaired) electrons. The number of benzene rings is 3. The van der Waals surface area contributed by atoms with Gasteiger partial charge in [0, 0.05) is 10.7 Å². The number of halogens is 1. The zero-order valence-corrected chi connectivity index (χ0v) is 18.1. The molecule has 2 amide bonds. The van der Waals surface area contributed by atoms with Crippen molar-refractivity contribution in [3.05, 3.63) is 88.9 Å². The monoisotopic (exact) mass is 451 g/mol. The molecule has 0 aliphatic heterocycles. The fourth-order valence-corrected chi connectivity index (χ4v) is 2.83. The molecule has 0 saturated carbocycles. The highest BCUT2D eigenvalue weighted by atomic mass is 35.5. The lowest BCUT2D eigenvalue weighted by molar-refractivity contribution is -0.123. The molecule has 0 aromatic heterocycles. The Morgan fingerprint density at radius 3 is 2.44 bits per heavy atom. The lowest BCUT2D eigenvalue weighted by atomic mass is 10.2. The third kappa shape index (κ3) is 7.45. The Morgan fingerprint density at radius 2 is 1.69 bits per heavy atom. The Balaban J connectivity index is 1.40. The smallest absolute Gasteiger partial charge is 0.277 e. The van der Waals surface area contributed by atoms with E-state index in [0.29, 0.717) is 22.2 Å². The fraction of sp³-hybridized carbons (Fsp3) is 0.125. The maximum atomic E-state index is 12.0. The Labute approximate surface area is 191 Å². The molecule has 32 heavy (non-hydrogen) atoms. The second-order valence-corrected chi connectivity index (χ2v) is 7.20. The van der Waals surface area contributed by atoms with Gasteiger partial charge in [0.2, 0.25) is 0 Å². The second kappa shape index (κ2) is 11.5. The molecule has 3 aromatic carbocycles. The Hall–Kier alpha value is -3.84. The molecule has 3 rings (SSSR count). The van der Waals surface area contributed by atoms with Crippen LogP contribution in [0, 0.1) is 6.92 Å². The van der Waals surface area contributed by atoms with Gasteiger partial charge in [0.25, 0.3) is 11.8 Å². The van der Waals surface area contributed by atoms with Crippen LogP contribution in [0.1, 0.15) is 11.1 Å². The minimum absolute atomic E-state index is 0.133. The number of anilines is 1. The van der Waals surface area contributed by atoms with Crippen LogP contribution < -0.4 is 20.2 Å². The van der Waals surface area contributed by atoms with Crippen molar-refractivity contribution in [3.63, 3.8) is 0 Å². The molecular formula is C24H22ClN3O4.